The summed E-state index contributed by atoms with van der Waals surface area (Å²) in [5.41, 5.74) is 1.50. The van der Waals surface area contributed by atoms with E-state index in [-0.39, 0.29) is 0 Å². The van der Waals surface area contributed by atoms with Gasteiger partial charge < -0.3 is 5.11 Å². The third kappa shape index (κ3) is 2.08. The third-order valence-electron chi connectivity index (χ3n) is 3.15. The Bertz CT molecular complexity index is 702. The molecule has 0 aliphatic rings. The molecular weight excluding hydrogens is 240 g/mol. The molecule has 0 saturated heterocycles. The smallest absolute Gasteiger partial charge is 0.112 e. The van der Waals surface area contributed by atoms with E-state index in [1.54, 1.807) is 17.1 Å². The number of aromatic nitrogens is 4. The third-order valence-corrected chi connectivity index (χ3v) is 3.15. The van der Waals surface area contributed by atoms with E-state index in [0.29, 0.717) is 12.1 Å². The first-order valence-electron chi connectivity index (χ1n) is 6.23. The number of hydrogen-bond acceptors (Lipinski definition) is 4. The van der Waals surface area contributed by atoms with E-state index in [1.807, 2.05) is 37.4 Å². The molecule has 0 aliphatic heterocycles. The lowest BCUT2D eigenvalue weighted by atomic mass is 10.1. The number of hydrogen-bond donors (Lipinski definition) is 1. The minimum Gasteiger partial charge on any atom is -0.387 e. The molecule has 0 bridgehead atoms. The fraction of sp³-hybridized carbons (Fsp3) is 0.214. The maximum absolute atomic E-state index is 9.77. The summed E-state index contributed by atoms with van der Waals surface area (Å²) < 4.78 is 1.68. The molecule has 1 N–H and O–H groups in total. The Hall–Kier alpha value is -2.27. The Morgan fingerprint density at radius 2 is 2.21 bits per heavy atom. The quantitative estimate of drug-likeness (QED) is 0.778. The van der Waals surface area contributed by atoms with Crippen molar-refractivity contribution in [1.29, 1.82) is 0 Å². The van der Waals surface area contributed by atoms with Crippen LogP contribution in [0, 0.1) is 0 Å². The van der Waals surface area contributed by atoms with E-state index in [1.165, 1.54) is 0 Å². The van der Waals surface area contributed by atoms with Crippen molar-refractivity contribution >= 4 is 10.8 Å². The van der Waals surface area contributed by atoms with Gasteiger partial charge in [0, 0.05) is 17.8 Å². The van der Waals surface area contributed by atoms with Crippen LogP contribution in [-0.4, -0.2) is 25.1 Å². The number of aliphatic hydroxyl groups excluding tert-OH is 1. The van der Waals surface area contributed by atoms with Crippen molar-refractivity contribution in [2.45, 2.75) is 19.4 Å². The van der Waals surface area contributed by atoms with Crippen molar-refractivity contribution in [3.05, 3.63) is 48.5 Å². The molecule has 0 radical (unpaired) electrons. The summed E-state index contributed by atoms with van der Waals surface area (Å²) in [6, 6.07) is 7.91. The molecule has 96 valence electrons. The van der Waals surface area contributed by atoms with Crippen LogP contribution in [0.2, 0.25) is 0 Å². The van der Waals surface area contributed by atoms with Gasteiger partial charge in [0.15, 0.2) is 0 Å². The molecule has 0 aliphatic carbocycles. The van der Waals surface area contributed by atoms with Crippen molar-refractivity contribution in [1.82, 2.24) is 20.0 Å². The van der Waals surface area contributed by atoms with Crippen molar-refractivity contribution in [3.8, 4) is 5.69 Å². The molecule has 3 aromatic rings. The Morgan fingerprint density at radius 3 is 3.05 bits per heavy atom. The van der Waals surface area contributed by atoms with Crippen molar-refractivity contribution < 1.29 is 5.11 Å². The van der Waals surface area contributed by atoms with Gasteiger partial charge in [0.2, 0.25) is 0 Å². The number of aliphatic hydroxyl groups is 1. The molecule has 0 spiro atoms. The van der Waals surface area contributed by atoms with E-state index >= 15 is 0 Å². The SMILES string of the molecule is CCC(O)c1cn(-c2cccc3ccncc23)nn1. The minimum atomic E-state index is -0.568. The van der Waals surface area contributed by atoms with Crippen LogP contribution in [0.4, 0.5) is 0 Å². The first kappa shape index (κ1) is 11.8. The molecule has 3 rings (SSSR count). The molecular formula is C14H14N4O. The second-order valence-electron chi connectivity index (χ2n) is 4.39. The molecule has 2 heterocycles. The van der Waals surface area contributed by atoms with E-state index in [4.69, 9.17) is 0 Å². The number of benzene rings is 1. The Morgan fingerprint density at radius 1 is 1.32 bits per heavy atom. The van der Waals surface area contributed by atoms with Gasteiger partial charge in [-0.3, -0.25) is 4.98 Å². The zero-order valence-electron chi connectivity index (χ0n) is 10.6. The first-order chi connectivity index (χ1) is 9.29. The number of rotatable bonds is 3. The van der Waals surface area contributed by atoms with Crippen LogP contribution in [0.1, 0.15) is 25.1 Å². The average Bonchev–Trinajstić information content (AvgIpc) is 2.95. The summed E-state index contributed by atoms with van der Waals surface area (Å²) in [6.07, 6.45) is 5.38. The Labute approximate surface area is 110 Å². The summed E-state index contributed by atoms with van der Waals surface area (Å²) in [7, 11) is 0. The lowest BCUT2D eigenvalue weighted by Gasteiger charge is -2.05. The van der Waals surface area contributed by atoms with Crippen LogP contribution in [0.3, 0.4) is 0 Å². The van der Waals surface area contributed by atoms with Gasteiger partial charge in [0.05, 0.1) is 18.0 Å². The molecule has 2 aromatic heterocycles. The highest BCUT2D eigenvalue weighted by Crippen LogP contribution is 2.21. The molecule has 1 atom stereocenters. The molecule has 0 amide bonds. The second-order valence-corrected chi connectivity index (χ2v) is 4.39. The molecule has 19 heavy (non-hydrogen) atoms. The summed E-state index contributed by atoms with van der Waals surface area (Å²) >= 11 is 0. The fourth-order valence-corrected chi connectivity index (χ4v) is 2.05. The molecule has 5 nitrogen and oxygen atoms in total. The predicted octanol–water partition coefficient (Wildman–Crippen LogP) is 2.26. The van der Waals surface area contributed by atoms with Gasteiger partial charge in [-0.2, -0.15) is 0 Å². The maximum Gasteiger partial charge on any atom is 0.112 e. The van der Waals surface area contributed by atoms with Gasteiger partial charge in [-0.25, -0.2) is 4.68 Å². The average molecular weight is 254 g/mol. The molecule has 1 aromatic carbocycles. The topological polar surface area (TPSA) is 63.8 Å². The van der Waals surface area contributed by atoms with Gasteiger partial charge in [0.1, 0.15) is 5.69 Å². The summed E-state index contributed by atoms with van der Waals surface area (Å²) in [5, 5.41) is 20.0. The van der Waals surface area contributed by atoms with Gasteiger partial charge in [-0.15, -0.1) is 5.10 Å². The largest absolute Gasteiger partial charge is 0.387 e. The molecule has 0 saturated carbocycles. The highest BCUT2D eigenvalue weighted by Gasteiger charge is 2.11. The van der Waals surface area contributed by atoms with E-state index < -0.39 is 6.10 Å². The van der Waals surface area contributed by atoms with E-state index in [2.05, 4.69) is 15.3 Å². The summed E-state index contributed by atoms with van der Waals surface area (Å²) in [5.74, 6) is 0. The molecule has 1 unspecified atom stereocenters. The predicted molar refractivity (Wildman–Crippen MR) is 71.9 cm³/mol. The van der Waals surface area contributed by atoms with Crippen LogP contribution in [0.5, 0.6) is 0 Å². The van der Waals surface area contributed by atoms with Gasteiger partial charge in [-0.1, -0.05) is 24.3 Å². The summed E-state index contributed by atoms with van der Waals surface area (Å²) in [6.45, 7) is 1.91. The van der Waals surface area contributed by atoms with Crippen LogP contribution in [0.15, 0.2) is 42.9 Å². The van der Waals surface area contributed by atoms with E-state index in [9.17, 15) is 5.11 Å². The lowest BCUT2D eigenvalue weighted by Crippen LogP contribution is -1.96. The highest BCUT2D eigenvalue weighted by molar-refractivity contribution is 5.89. The lowest BCUT2D eigenvalue weighted by molar-refractivity contribution is 0.169. The van der Waals surface area contributed by atoms with Gasteiger partial charge >= 0.3 is 0 Å². The van der Waals surface area contributed by atoms with Crippen molar-refractivity contribution in [2.24, 2.45) is 0 Å². The second kappa shape index (κ2) is 4.78. The fourth-order valence-electron chi connectivity index (χ4n) is 2.05. The molecule has 5 heteroatoms. The van der Waals surface area contributed by atoms with Crippen molar-refractivity contribution in [2.75, 3.05) is 0 Å². The number of nitrogens with zero attached hydrogens (tertiary/aromatic N) is 4. The molecule has 0 fully saturated rings. The first-order valence-corrected chi connectivity index (χ1v) is 6.23. The Balaban J connectivity index is 2.12. The maximum atomic E-state index is 9.77. The monoisotopic (exact) mass is 254 g/mol. The van der Waals surface area contributed by atoms with Crippen LogP contribution in [0.25, 0.3) is 16.5 Å². The normalized spacial score (nSPS) is 12.7. The zero-order chi connectivity index (χ0) is 13.2. The van der Waals surface area contributed by atoms with Crippen molar-refractivity contribution in [3.63, 3.8) is 0 Å². The summed E-state index contributed by atoms with van der Waals surface area (Å²) in [4.78, 5) is 4.15. The minimum absolute atomic E-state index is 0.568. The Kier molecular flexibility index (Phi) is 2.97. The van der Waals surface area contributed by atoms with Crippen LogP contribution < -0.4 is 0 Å². The van der Waals surface area contributed by atoms with Crippen LogP contribution >= 0.6 is 0 Å². The van der Waals surface area contributed by atoms with E-state index in [0.717, 1.165) is 16.5 Å². The number of fused-ring (bicyclic) bond motifs is 1. The number of pyridine rings is 1. The van der Waals surface area contributed by atoms with Gasteiger partial charge in [0.25, 0.3) is 0 Å². The highest BCUT2D eigenvalue weighted by atomic mass is 16.3. The zero-order valence-corrected chi connectivity index (χ0v) is 10.6. The standard InChI is InChI=1S/C14H14N4O/c1-2-14(19)12-9-18(17-16-12)13-5-3-4-10-6-7-15-8-11(10)13/h3-9,14,19H,2H2,1H3. The van der Waals surface area contributed by atoms with Gasteiger partial charge in [-0.05, 0) is 23.9 Å². The van der Waals surface area contributed by atoms with Crippen LogP contribution in [-0.2, 0) is 0 Å².